The summed E-state index contributed by atoms with van der Waals surface area (Å²) in [7, 11) is 0. The summed E-state index contributed by atoms with van der Waals surface area (Å²) in [6.45, 7) is 2.24. The van der Waals surface area contributed by atoms with Gasteiger partial charge in [0.05, 0.1) is 0 Å². The van der Waals surface area contributed by atoms with Crippen LogP contribution in [0.5, 0.6) is 0 Å². The van der Waals surface area contributed by atoms with Gasteiger partial charge in [0.25, 0.3) is 0 Å². The number of aryl methyl sites for hydroxylation is 1. The van der Waals surface area contributed by atoms with Crippen LogP contribution in [-0.4, -0.2) is 44.8 Å². The lowest BCUT2D eigenvalue weighted by Gasteiger charge is -2.20. The molecule has 0 spiro atoms. The lowest BCUT2D eigenvalue weighted by molar-refractivity contribution is -0.141. The monoisotopic (exact) mass is 256 g/mol. The van der Waals surface area contributed by atoms with Crippen LogP contribution in [0.3, 0.4) is 0 Å². The predicted octanol–water partition coefficient (Wildman–Crippen LogP) is 0.927. The van der Waals surface area contributed by atoms with Crippen molar-refractivity contribution in [1.82, 2.24) is 15.1 Å². The average molecular weight is 256 g/mol. The highest BCUT2D eigenvalue weighted by molar-refractivity contribution is 7.15. The van der Waals surface area contributed by atoms with Crippen LogP contribution in [0.25, 0.3) is 0 Å². The van der Waals surface area contributed by atoms with Gasteiger partial charge < -0.3 is 10.0 Å². The highest BCUT2D eigenvalue weighted by Gasteiger charge is 2.34. The maximum absolute atomic E-state index is 11.8. The summed E-state index contributed by atoms with van der Waals surface area (Å²) in [5, 5.41) is 20.2. The van der Waals surface area contributed by atoms with Gasteiger partial charge in [-0.3, -0.25) is 5.32 Å². The molecular formula is C9H12N4O3S. The van der Waals surface area contributed by atoms with Crippen molar-refractivity contribution < 1.29 is 14.7 Å². The molecule has 0 saturated carbocycles. The number of nitrogens with zero attached hydrogens (tertiary/aromatic N) is 3. The molecule has 1 aromatic rings. The van der Waals surface area contributed by atoms with E-state index in [2.05, 4.69) is 15.5 Å². The third-order valence-corrected chi connectivity index (χ3v) is 3.29. The molecule has 2 heterocycles. The Kier molecular flexibility index (Phi) is 3.23. The smallest absolute Gasteiger partial charge is 0.326 e. The Hall–Kier alpha value is -1.70. The topological polar surface area (TPSA) is 95.4 Å². The molecule has 1 aliphatic heterocycles. The standard InChI is InChI=1S/C9H12N4O3S/c1-5-11-12-8(17-5)10-9(16)13-4-2-3-6(13)7(14)15/h6H,2-4H2,1H3,(H,14,15)(H,10,12,16)/t6-/m0/s1. The summed E-state index contributed by atoms with van der Waals surface area (Å²) in [5.41, 5.74) is 0. The van der Waals surface area contributed by atoms with Gasteiger partial charge in [-0.1, -0.05) is 11.3 Å². The quantitative estimate of drug-likeness (QED) is 0.820. The highest BCUT2D eigenvalue weighted by Crippen LogP contribution is 2.20. The molecule has 0 aliphatic carbocycles. The number of carboxylic acid groups (broad SMARTS) is 1. The Morgan fingerprint density at radius 2 is 2.29 bits per heavy atom. The average Bonchev–Trinajstić information content (AvgIpc) is 2.86. The van der Waals surface area contributed by atoms with E-state index in [-0.39, 0.29) is 0 Å². The summed E-state index contributed by atoms with van der Waals surface area (Å²) in [6, 6.07) is -1.16. The van der Waals surface area contributed by atoms with Crippen molar-refractivity contribution in [3.63, 3.8) is 0 Å². The first kappa shape index (κ1) is 11.8. The molecule has 0 bridgehead atoms. The van der Waals surface area contributed by atoms with E-state index in [0.29, 0.717) is 24.5 Å². The molecule has 1 aromatic heterocycles. The van der Waals surface area contributed by atoms with Gasteiger partial charge in [-0.25, -0.2) is 9.59 Å². The number of hydrogen-bond donors (Lipinski definition) is 2. The first-order chi connectivity index (χ1) is 8.08. The van der Waals surface area contributed by atoms with Crippen molar-refractivity contribution in [2.24, 2.45) is 0 Å². The molecule has 1 fully saturated rings. The molecule has 2 rings (SSSR count). The molecule has 0 unspecified atom stereocenters. The third kappa shape index (κ3) is 2.52. The van der Waals surface area contributed by atoms with E-state index in [1.807, 2.05) is 0 Å². The number of carbonyl (C=O) groups excluding carboxylic acids is 1. The molecule has 1 saturated heterocycles. The number of rotatable bonds is 2. The molecule has 92 valence electrons. The molecule has 0 aromatic carbocycles. The molecule has 17 heavy (non-hydrogen) atoms. The van der Waals surface area contributed by atoms with Gasteiger partial charge in [0, 0.05) is 6.54 Å². The largest absolute Gasteiger partial charge is 0.480 e. The zero-order chi connectivity index (χ0) is 12.4. The Bertz CT molecular complexity index is 447. The van der Waals surface area contributed by atoms with Gasteiger partial charge in [-0.05, 0) is 19.8 Å². The maximum Gasteiger partial charge on any atom is 0.326 e. The number of carboxylic acids is 1. The summed E-state index contributed by atoms with van der Waals surface area (Å²) >= 11 is 1.26. The number of urea groups is 1. The molecule has 2 N–H and O–H groups in total. The van der Waals surface area contributed by atoms with Crippen LogP contribution < -0.4 is 5.32 Å². The summed E-state index contributed by atoms with van der Waals surface area (Å²) in [4.78, 5) is 24.1. The fourth-order valence-electron chi connectivity index (χ4n) is 1.78. The minimum atomic E-state index is -0.967. The van der Waals surface area contributed by atoms with Crippen LogP contribution in [0.2, 0.25) is 0 Å². The van der Waals surface area contributed by atoms with Crippen molar-refractivity contribution in [2.75, 3.05) is 11.9 Å². The van der Waals surface area contributed by atoms with E-state index >= 15 is 0 Å². The van der Waals surface area contributed by atoms with E-state index in [0.717, 1.165) is 5.01 Å². The second-order valence-corrected chi connectivity index (χ2v) is 4.93. The first-order valence-electron chi connectivity index (χ1n) is 5.18. The second-order valence-electron chi connectivity index (χ2n) is 3.75. The highest BCUT2D eigenvalue weighted by atomic mass is 32.1. The molecule has 1 atom stereocenters. The molecule has 1 aliphatic rings. The fourth-order valence-corrected chi connectivity index (χ4v) is 2.36. The number of amides is 2. The zero-order valence-electron chi connectivity index (χ0n) is 9.21. The van der Waals surface area contributed by atoms with E-state index < -0.39 is 18.0 Å². The van der Waals surface area contributed by atoms with Crippen molar-refractivity contribution >= 4 is 28.5 Å². The minimum Gasteiger partial charge on any atom is -0.480 e. The summed E-state index contributed by atoms with van der Waals surface area (Å²) in [6.07, 6.45) is 1.21. The fraction of sp³-hybridized carbons (Fsp3) is 0.556. The zero-order valence-corrected chi connectivity index (χ0v) is 10.0. The van der Waals surface area contributed by atoms with Crippen molar-refractivity contribution in [3.05, 3.63) is 5.01 Å². The van der Waals surface area contributed by atoms with Crippen LogP contribution >= 0.6 is 11.3 Å². The van der Waals surface area contributed by atoms with Gasteiger partial charge in [0.1, 0.15) is 11.0 Å². The second kappa shape index (κ2) is 4.66. The van der Waals surface area contributed by atoms with Crippen molar-refractivity contribution in [3.8, 4) is 0 Å². The summed E-state index contributed by atoms with van der Waals surface area (Å²) < 4.78 is 0. The summed E-state index contributed by atoms with van der Waals surface area (Å²) in [5.74, 6) is -0.967. The van der Waals surface area contributed by atoms with Crippen LogP contribution in [0.4, 0.5) is 9.93 Å². The van der Waals surface area contributed by atoms with Crippen LogP contribution in [0, 0.1) is 6.92 Å². The Morgan fingerprint density at radius 3 is 2.88 bits per heavy atom. The van der Waals surface area contributed by atoms with Gasteiger partial charge in [-0.2, -0.15) is 0 Å². The number of aliphatic carboxylic acids is 1. The van der Waals surface area contributed by atoms with E-state index in [1.54, 1.807) is 6.92 Å². The Balaban J connectivity index is 2.02. The van der Waals surface area contributed by atoms with Gasteiger partial charge in [-0.15, -0.1) is 10.2 Å². The Morgan fingerprint density at radius 1 is 1.53 bits per heavy atom. The minimum absolute atomic E-state index is 0.392. The van der Waals surface area contributed by atoms with Gasteiger partial charge >= 0.3 is 12.0 Å². The predicted molar refractivity (Wildman–Crippen MR) is 61.0 cm³/mol. The number of nitrogens with one attached hydrogen (secondary N) is 1. The lowest BCUT2D eigenvalue weighted by Crippen LogP contribution is -2.42. The van der Waals surface area contributed by atoms with Crippen LogP contribution in [0.1, 0.15) is 17.8 Å². The third-order valence-electron chi connectivity index (χ3n) is 2.54. The normalized spacial score (nSPS) is 19.4. The number of hydrogen-bond acceptors (Lipinski definition) is 5. The van der Waals surface area contributed by atoms with Crippen LogP contribution in [-0.2, 0) is 4.79 Å². The first-order valence-corrected chi connectivity index (χ1v) is 6.00. The van der Waals surface area contributed by atoms with E-state index in [1.165, 1.54) is 16.2 Å². The van der Waals surface area contributed by atoms with E-state index in [9.17, 15) is 9.59 Å². The molecular weight excluding hydrogens is 244 g/mol. The number of aromatic nitrogens is 2. The Labute approximate surface area is 101 Å². The van der Waals surface area contributed by atoms with Crippen LogP contribution in [0.15, 0.2) is 0 Å². The lowest BCUT2D eigenvalue weighted by atomic mass is 10.2. The SMILES string of the molecule is Cc1nnc(NC(=O)N2CCC[C@H]2C(=O)O)s1. The molecule has 0 radical (unpaired) electrons. The maximum atomic E-state index is 11.8. The van der Waals surface area contributed by atoms with Gasteiger partial charge in [0.2, 0.25) is 5.13 Å². The number of carbonyl (C=O) groups is 2. The van der Waals surface area contributed by atoms with Crippen molar-refractivity contribution in [1.29, 1.82) is 0 Å². The molecule has 8 heteroatoms. The number of likely N-dealkylation sites (tertiary alicyclic amines) is 1. The van der Waals surface area contributed by atoms with Crippen molar-refractivity contribution in [2.45, 2.75) is 25.8 Å². The van der Waals surface area contributed by atoms with Gasteiger partial charge in [0.15, 0.2) is 0 Å². The number of anilines is 1. The van der Waals surface area contributed by atoms with E-state index in [4.69, 9.17) is 5.11 Å². The molecule has 7 nitrogen and oxygen atoms in total. The molecule has 2 amide bonds.